The monoisotopic (exact) mass is 329 g/mol. The summed E-state index contributed by atoms with van der Waals surface area (Å²) < 4.78 is 0. The van der Waals surface area contributed by atoms with Crippen LogP contribution < -0.4 is 16.4 Å². The van der Waals surface area contributed by atoms with Gasteiger partial charge in [-0.15, -0.1) is 0 Å². The first-order chi connectivity index (χ1) is 9.45. The van der Waals surface area contributed by atoms with Gasteiger partial charge in [0.1, 0.15) is 0 Å². The van der Waals surface area contributed by atoms with Gasteiger partial charge in [-0.25, -0.2) is 4.79 Å². The minimum Gasteiger partial charge on any atom is -0.399 e. The largest absolute Gasteiger partial charge is 0.399 e. The lowest BCUT2D eigenvalue weighted by Gasteiger charge is -2.10. The van der Waals surface area contributed by atoms with Crippen molar-refractivity contribution in [2.75, 3.05) is 16.4 Å². The summed E-state index contributed by atoms with van der Waals surface area (Å²) in [4.78, 5) is 11.8. The van der Waals surface area contributed by atoms with Crippen molar-refractivity contribution >= 4 is 57.9 Å². The number of nitrogens with one attached hydrogen (secondary N) is 2. The molecule has 0 radical (unpaired) electrons. The van der Waals surface area contributed by atoms with E-state index in [9.17, 15) is 4.79 Å². The number of nitrogen functional groups attached to an aromatic ring is 1. The van der Waals surface area contributed by atoms with Gasteiger partial charge in [0.25, 0.3) is 0 Å². The first-order valence-electron chi connectivity index (χ1n) is 5.54. The van der Waals surface area contributed by atoms with Crippen LogP contribution in [0.2, 0.25) is 15.1 Å². The molecule has 4 nitrogen and oxygen atoms in total. The molecule has 20 heavy (non-hydrogen) atoms. The number of rotatable bonds is 2. The fourth-order valence-electron chi connectivity index (χ4n) is 1.52. The van der Waals surface area contributed by atoms with E-state index in [1.54, 1.807) is 24.3 Å². The van der Waals surface area contributed by atoms with E-state index in [1.165, 1.54) is 12.1 Å². The molecule has 7 heteroatoms. The average Bonchev–Trinajstić information content (AvgIpc) is 2.36. The van der Waals surface area contributed by atoms with Crippen molar-refractivity contribution in [1.82, 2.24) is 0 Å². The molecule has 0 atom stereocenters. The van der Waals surface area contributed by atoms with Crippen LogP contribution in [0.5, 0.6) is 0 Å². The number of carbonyl (C=O) groups excluding carboxylic acids is 1. The van der Waals surface area contributed by atoms with E-state index in [-0.39, 0.29) is 0 Å². The van der Waals surface area contributed by atoms with Crippen LogP contribution in [0.3, 0.4) is 0 Å². The van der Waals surface area contributed by atoms with Crippen molar-refractivity contribution < 1.29 is 4.79 Å². The number of urea groups is 1. The van der Waals surface area contributed by atoms with E-state index in [4.69, 9.17) is 40.5 Å². The van der Waals surface area contributed by atoms with Gasteiger partial charge in [0.15, 0.2) is 0 Å². The SMILES string of the molecule is Nc1cccc(NC(=O)Nc2cc(Cl)c(Cl)cc2Cl)c1. The summed E-state index contributed by atoms with van der Waals surface area (Å²) in [5, 5.41) is 6.12. The fraction of sp³-hybridized carbons (Fsp3) is 0. The van der Waals surface area contributed by atoms with Crippen molar-refractivity contribution in [3.8, 4) is 0 Å². The van der Waals surface area contributed by atoms with Crippen LogP contribution in [0.1, 0.15) is 0 Å². The van der Waals surface area contributed by atoms with Gasteiger partial charge >= 0.3 is 6.03 Å². The molecule has 0 saturated carbocycles. The summed E-state index contributed by atoms with van der Waals surface area (Å²) in [6.07, 6.45) is 0. The number of nitrogens with two attached hydrogens (primary N) is 1. The molecule has 0 aromatic heterocycles. The molecule has 4 N–H and O–H groups in total. The maximum Gasteiger partial charge on any atom is 0.323 e. The lowest BCUT2D eigenvalue weighted by molar-refractivity contribution is 0.262. The first-order valence-corrected chi connectivity index (χ1v) is 6.67. The normalized spacial score (nSPS) is 10.2. The number of hydrogen-bond donors (Lipinski definition) is 3. The van der Waals surface area contributed by atoms with Crippen LogP contribution in [-0.2, 0) is 0 Å². The molecule has 0 bridgehead atoms. The molecule has 0 saturated heterocycles. The van der Waals surface area contributed by atoms with Crippen LogP contribution in [-0.4, -0.2) is 6.03 Å². The van der Waals surface area contributed by atoms with Crippen LogP contribution in [0.4, 0.5) is 21.9 Å². The summed E-state index contributed by atoms with van der Waals surface area (Å²) >= 11 is 17.7. The molecule has 0 spiro atoms. The van der Waals surface area contributed by atoms with Crippen molar-refractivity contribution in [3.05, 3.63) is 51.5 Å². The van der Waals surface area contributed by atoms with Gasteiger partial charge in [-0.05, 0) is 30.3 Å². The molecule has 104 valence electrons. The predicted molar refractivity (Wildman–Crippen MR) is 85.0 cm³/mol. The molecule has 0 unspecified atom stereocenters. The second kappa shape index (κ2) is 6.22. The van der Waals surface area contributed by atoms with Crippen LogP contribution in [0, 0.1) is 0 Å². The highest BCUT2D eigenvalue weighted by Crippen LogP contribution is 2.32. The maximum absolute atomic E-state index is 11.8. The minimum absolute atomic E-state index is 0.294. The molecule has 0 aliphatic heterocycles. The van der Waals surface area contributed by atoms with Crippen LogP contribution in [0.25, 0.3) is 0 Å². The third-order valence-corrected chi connectivity index (χ3v) is 3.44. The Morgan fingerprint density at radius 3 is 2.35 bits per heavy atom. The van der Waals surface area contributed by atoms with Gasteiger partial charge in [0, 0.05) is 11.4 Å². The lowest BCUT2D eigenvalue weighted by atomic mass is 10.3. The minimum atomic E-state index is -0.462. The van der Waals surface area contributed by atoms with Gasteiger partial charge in [-0.3, -0.25) is 0 Å². The first kappa shape index (κ1) is 14.8. The van der Waals surface area contributed by atoms with Crippen molar-refractivity contribution in [2.45, 2.75) is 0 Å². The summed E-state index contributed by atoms with van der Waals surface area (Å²) in [7, 11) is 0. The molecule has 0 aliphatic rings. The van der Waals surface area contributed by atoms with E-state index in [0.717, 1.165) is 0 Å². The van der Waals surface area contributed by atoms with E-state index in [0.29, 0.717) is 32.1 Å². The van der Waals surface area contributed by atoms with Crippen molar-refractivity contribution in [1.29, 1.82) is 0 Å². The van der Waals surface area contributed by atoms with Crippen LogP contribution >= 0.6 is 34.8 Å². The summed E-state index contributed by atoms with van der Waals surface area (Å²) in [6.45, 7) is 0. The standard InChI is InChI=1S/C13H10Cl3N3O/c14-9-5-11(16)12(6-10(9)15)19-13(20)18-8-3-1-2-7(17)4-8/h1-6H,17H2,(H2,18,19,20). The highest BCUT2D eigenvalue weighted by molar-refractivity contribution is 6.44. The van der Waals surface area contributed by atoms with Gasteiger partial charge in [0.2, 0.25) is 0 Å². The fourth-order valence-corrected chi connectivity index (χ4v) is 2.11. The Morgan fingerprint density at radius 1 is 0.950 bits per heavy atom. The van der Waals surface area contributed by atoms with E-state index in [1.807, 2.05) is 0 Å². The summed E-state index contributed by atoms with van der Waals surface area (Å²) in [6, 6.07) is 9.28. The molecule has 2 rings (SSSR count). The van der Waals surface area contributed by atoms with Gasteiger partial charge in [-0.2, -0.15) is 0 Å². The Balaban J connectivity index is 2.10. The second-order valence-electron chi connectivity index (χ2n) is 3.95. The highest BCUT2D eigenvalue weighted by Gasteiger charge is 2.09. The van der Waals surface area contributed by atoms with E-state index < -0.39 is 6.03 Å². The Hall–Kier alpha value is -1.62. The zero-order valence-electron chi connectivity index (χ0n) is 10.1. The predicted octanol–water partition coefficient (Wildman–Crippen LogP) is 4.87. The quantitative estimate of drug-likeness (QED) is 0.543. The third-order valence-electron chi connectivity index (χ3n) is 2.40. The molecular formula is C13H10Cl3N3O. The number of hydrogen-bond acceptors (Lipinski definition) is 2. The molecule has 2 aromatic rings. The zero-order chi connectivity index (χ0) is 14.7. The summed E-state index contributed by atoms with van der Waals surface area (Å²) in [5.74, 6) is 0. The lowest BCUT2D eigenvalue weighted by Crippen LogP contribution is -2.19. The Bertz CT molecular complexity index is 661. The zero-order valence-corrected chi connectivity index (χ0v) is 12.4. The smallest absolute Gasteiger partial charge is 0.323 e. The molecule has 0 fully saturated rings. The average molecular weight is 331 g/mol. The van der Waals surface area contributed by atoms with Gasteiger partial charge < -0.3 is 16.4 Å². The number of halogens is 3. The van der Waals surface area contributed by atoms with E-state index >= 15 is 0 Å². The number of amides is 2. The molecular weight excluding hydrogens is 321 g/mol. The van der Waals surface area contributed by atoms with E-state index in [2.05, 4.69) is 10.6 Å². The Morgan fingerprint density at radius 2 is 1.65 bits per heavy atom. The maximum atomic E-state index is 11.8. The number of benzene rings is 2. The molecule has 0 heterocycles. The third kappa shape index (κ3) is 3.70. The molecule has 2 aromatic carbocycles. The number of anilines is 3. The van der Waals surface area contributed by atoms with Gasteiger partial charge in [-0.1, -0.05) is 40.9 Å². The molecule has 0 aliphatic carbocycles. The Kier molecular flexibility index (Phi) is 4.60. The number of carbonyl (C=O) groups is 1. The topological polar surface area (TPSA) is 67.1 Å². The van der Waals surface area contributed by atoms with Gasteiger partial charge in [0.05, 0.1) is 20.8 Å². The molecule has 2 amide bonds. The highest BCUT2D eigenvalue weighted by atomic mass is 35.5. The van der Waals surface area contributed by atoms with Crippen molar-refractivity contribution in [3.63, 3.8) is 0 Å². The van der Waals surface area contributed by atoms with Crippen LogP contribution in [0.15, 0.2) is 36.4 Å². The summed E-state index contributed by atoms with van der Waals surface area (Å²) in [5.41, 5.74) is 7.11. The Labute approximate surface area is 130 Å². The van der Waals surface area contributed by atoms with Crippen molar-refractivity contribution in [2.24, 2.45) is 0 Å². The second-order valence-corrected chi connectivity index (χ2v) is 5.17.